The van der Waals surface area contributed by atoms with Gasteiger partial charge in [-0.25, -0.2) is 0 Å². The van der Waals surface area contributed by atoms with Crippen molar-refractivity contribution in [2.24, 2.45) is 0 Å². The third kappa shape index (κ3) is 4.21. The first-order chi connectivity index (χ1) is 16.0. The zero-order chi connectivity index (χ0) is 22.9. The summed E-state index contributed by atoms with van der Waals surface area (Å²) >= 11 is 0. The van der Waals surface area contributed by atoms with Gasteiger partial charge in [0.1, 0.15) is 11.3 Å². The molecule has 5 rings (SSSR count). The smallest absolute Gasteiger partial charge is 0.142 e. The van der Waals surface area contributed by atoms with E-state index in [2.05, 4.69) is 94.4 Å². The maximum atomic E-state index is 6.45. The first kappa shape index (κ1) is 21.2. The van der Waals surface area contributed by atoms with Crippen molar-refractivity contribution >= 4 is 11.0 Å². The average molecular weight is 432 g/mol. The van der Waals surface area contributed by atoms with Crippen molar-refractivity contribution in [1.82, 2.24) is 4.98 Å². The molecule has 0 saturated carbocycles. The van der Waals surface area contributed by atoms with E-state index in [-0.39, 0.29) is 0 Å². The van der Waals surface area contributed by atoms with Crippen LogP contribution in [0, 0.1) is 0 Å². The number of benzene rings is 3. The van der Waals surface area contributed by atoms with Crippen LogP contribution in [0.15, 0.2) is 95.5 Å². The minimum atomic E-state index is 0.456. The Morgan fingerprint density at radius 2 is 1.36 bits per heavy atom. The highest BCUT2D eigenvalue weighted by molar-refractivity contribution is 5.98. The Morgan fingerprint density at radius 3 is 2.06 bits per heavy atom. The van der Waals surface area contributed by atoms with Crippen molar-refractivity contribution < 1.29 is 4.42 Å². The van der Waals surface area contributed by atoms with Gasteiger partial charge in [0, 0.05) is 28.3 Å². The Balaban J connectivity index is 1.72. The van der Waals surface area contributed by atoms with Gasteiger partial charge in [-0.3, -0.25) is 4.98 Å². The number of nitrogens with zero attached hydrogens (tertiary/aromatic N) is 1. The zero-order valence-electron chi connectivity index (χ0n) is 19.7. The molecule has 164 valence electrons. The molecule has 2 heterocycles. The van der Waals surface area contributed by atoms with Crippen LogP contribution in [-0.2, 0) is 0 Å². The standard InChI is InChI=1S/C31H29NO/c1-20(2)22-10-12-23(13-11-22)28-17-26(29-18-25(21(3)4)14-15-32-29)16-27-19-30(33-31(27)28)24-8-6-5-7-9-24/h5-21H,1-4H3. The highest BCUT2D eigenvalue weighted by atomic mass is 16.3. The minimum Gasteiger partial charge on any atom is -0.455 e. The van der Waals surface area contributed by atoms with E-state index in [9.17, 15) is 0 Å². The van der Waals surface area contributed by atoms with E-state index in [1.54, 1.807) is 0 Å². The lowest BCUT2D eigenvalue weighted by Crippen LogP contribution is -1.92. The fourth-order valence-electron chi connectivity index (χ4n) is 4.27. The number of fused-ring (bicyclic) bond motifs is 1. The quantitative estimate of drug-likeness (QED) is 0.277. The Kier molecular flexibility index (Phi) is 5.60. The predicted molar refractivity (Wildman–Crippen MR) is 138 cm³/mol. The molecule has 0 fully saturated rings. The molecule has 0 bridgehead atoms. The summed E-state index contributed by atoms with van der Waals surface area (Å²) < 4.78 is 6.45. The summed E-state index contributed by atoms with van der Waals surface area (Å²) in [5.41, 5.74) is 8.96. The normalized spacial score (nSPS) is 11.6. The SMILES string of the molecule is CC(C)c1ccc(-c2cc(-c3cc(C(C)C)ccn3)cc3cc(-c4ccccc4)oc23)cc1. The largest absolute Gasteiger partial charge is 0.455 e. The van der Waals surface area contributed by atoms with Gasteiger partial charge in [-0.1, -0.05) is 82.3 Å². The van der Waals surface area contributed by atoms with Gasteiger partial charge in [-0.05, 0) is 58.9 Å². The van der Waals surface area contributed by atoms with Crippen LogP contribution in [0.4, 0.5) is 0 Å². The number of furan rings is 1. The van der Waals surface area contributed by atoms with Gasteiger partial charge >= 0.3 is 0 Å². The van der Waals surface area contributed by atoms with E-state index in [1.165, 1.54) is 11.1 Å². The third-order valence-corrected chi connectivity index (χ3v) is 6.31. The predicted octanol–water partition coefficient (Wildman–Crippen LogP) is 9.08. The first-order valence-electron chi connectivity index (χ1n) is 11.7. The Labute approximate surface area is 195 Å². The van der Waals surface area contributed by atoms with E-state index in [0.717, 1.165) is 44.7 Å². The van der Waals surface area contributed by atoms with E-state index < -0.39 is 0 Å². The molecule has 3 aromatic carbocycles. The summed E-state index contributed by atoms with van der Waals surface area (Å²) in [4.78, 5) is 4.71. The molecular weight excluding hydrogens is 402 g/mol. The molecule has 0 spiro atoms. The van der Waals surface area contributed by atoms with Gasteiger partial charge in [0.05, 0.1) is 5.69 Å². The maximum absolute atomic E-state index is 6.45. The first-order valence-corrected chi connectivity index (χ1v) is 11.7. The topological polar surface area (TPSA) is 26.0 Å². The maximum Gasteiger partial charge on any atom is 0.142 e. The van der Waals surface area contributed by atoms with E-state index in [4.69, 9.17) is 9.40 Å². The zero-order valence-corrected chi connectivity index (χ0v) is 19.7. The molecule has 2 nitrogen and oxygen atoms in total. The number of pyridine rings is 1. The van der Waals surface area contributed by atoms with E-state index >= 15 is 0 Å². The lowest BCUT2D eigenvalue weighted by molar-refractivity contribution is 0.632. The molecule has 0 aliphatic heterocycles. The van der Waals surface area contributed by atoms with Crippen molar-refractivity contribution in [3.63, 3.8) is 0 Å². The van der Waals surface area contributed by atoms with Gasteiger partial charge in [0.2, 0.25) is 0 Å². The van der Waals surface area contributed by atoms with Crippen LogP contribution in [-0.4, -0.2) is 4.98 Å². The van der Waals surface area contributed by atoms with E-state index in [1.807, 2.05) is 24.4 Å². The third-order valence-electron chi connectivity index (χ3n) is 6.31. The van der Waals surface area contributed by atoms with Crippen LogP contribution in [0.5, 0.6) is 0 Å². The van der Waals surface area contributed by atoms with Gasteiger partial charge in [0.25, 0.3) is 0 Å². The van der Waals surface area contributed by atoms with Crippen LogP contribution in [0.25, 0.3) is 44.7 Å². The molecule has 33 heavy (non-hydrogen) atoms. The highest BCUT2D eigenvalue weighted by Crippen LogP contribution is 2.38. The van der Waals surface area contributed by atoms with Crippen molar-refractivity contribution in [3.8, 4) is 33.7 Å². The van der Waals surface area contributed by atoms with Crippen molar-refractivity contribution in [2.75, 3.05) is 0 Å². The van der Waals surface area contributed by atoms with Gasteiger partial charge in [-0.2, -0.15) is 0 Å². The monoisotopic (exact) mass is 431 g/mol. The molecular formula is C31H29NO. The molecule has 0 amide bonds. The molecule has 0 atom stereocenters. The van der Waals surface area contributed by atoms with Crippen LogP contribution < -0.4 is 0 Å². The molecule has 0 aliphatic carbocycles. The van der Waals surface area contributed by atoms with Crippen LogP contribution in [0.2, 0.25) is 0 Å². The second kappa shape index (κ2) is 8.71. The fourth-order valence-corrected chi connectivity index (χ4v) is 4.27. The molecule has 2 heteroatoms. The molecule has 5 aromatic rings. The lowest BCUT2D eigenvalue weighted by Gasteiger charge is -2.11. The summed E-state index contributed by atoms with van der Waals surface area (Å²) in [6, 6.07) is 30.0. The Morgan fingerprint density at radius 1 is 0.636 bits per heavy atom. The number of hydrogen-bond donors (Lipinski definition) is 0. The second-order valence-corrected chi connectivity index (χ2v) is 9.32. The molecule has 0 aliphatic rings. The second-order valence-electron chi connectivity index (χ2n) is 9.32. The average Bonchev–Trinajstić information content (AvgIpc) is 3.28. The van der Waals surface area contributed by atoms with Gasteiger partial charge in [0.15, 0.2) is 0 Å². The molecule has 0 radical (unpaired) electrons. The number of hydrogen-bond acceptors (Lipinski definition) is 2. The summed E-state index contributed by atoms with van der Waals surface area (Å²) in [5.74, 6) is 1.84. The number of rotatable bonds is 5. The van der Waals surface area contributed by atoms with Crippen LogP contribution in [0.1, 0.15) is 50.7 Å². The fraction of sp³-hybridized carbons (Fsp3) is 0.194. The highest BCUT2D eigenvalue weighted by Gasteiger charge is 2.15. The molecule has 0 N–H and O–H groups in total. The van der Waals surface area contributed by atoms with Crippen molar-refractivity contribution in [2.45, 2.75) is 39.5 Å². The van der Waals surface area contributed by atoms with Crippen molar-refractivity contribution in [3.05, 3.63) is 102 Å². The summed E-state index contributed by atoms with van der Waals surface area (Å²) in [6.45, 7) is 8.87. The summed E-state index contributed by atoms with van der Waals surface area (Å²) in [7, 11) is 0. The molecule has 0 unspecified atom stereocenters. The van der Waals surface area contributed by atoms with Gasteiger partial charge < -0.3 is 4.42 Å². The Hall–Kier alpha value is -3.65. The summed E-state index contributed by atoms with van der Waals surface area (Å²) in [5, 5.41) is 1.09. The van der Waals surface area contributed by atoms with Crippen molar-refractivity contribution in [1.29, 1.82) is 0 Å². The Bertz CT molecular complexity index is 1390. The van der Waals surface area contributed by atoms with Gasteiger partial charge in [-0.15, -0.1) is 0 Å². The molecule has 2 aromatic heterocycles. The van der Waals surface area contributed by atoms with E-state index in [0.29, 0.717) is 11.8 Å². The van der Waals surface area contributed by atoms with Crippen LogP contribution in [0.3, 0.4) is 0 Å². The number of aromatic nitrogens is 1. The summed E-state index contributed by atoms with van der Waals surface area (Å²) in [6.07, 6.45) is 1.91. The van der Waals surface area contributed by atoms with Crippen LogP contribution >= 0.6 is 0 Å². The molecule has 0 saturated heterocycles. The minimum absolute atomic E-state index is 0.456. The lowest BCUT2D eigenvalue weighted by atomic mass is 9.95.